The van der Waals surface area contributed by atoms with Crippen LogP contribution < -0.4 is 18.9 Å². The normalized spacial score (nSPS) is 6.83. The van der Waals surface area contributed by atoms with Crippen LogP contribution in [0.4, 0.5) is 0 Å². The minimum Gasteiger partial charge on any atom is -1.00 e. The van der Waals surface area contributed by atoms with Crippen molar-refractivity contribution in [3.8, 4) is 0 Å². The molecule has 0 aromatic rings. The Labute approximate surface area is 61.8 Å². The molecule has 0 aliphatic heterocycles. The summed E-state index contributed by atoms with van der Waals surface area (Å²) in [4.78, 5) is 0. The van der Waals surface area contributed by atoms with Crippen LogP contribution in [0.2, 0.25) is 5.28 Å². The van der Waals surface area contributed by atoms with Crippen LogP contribution in [0.25, 0.3) is 0 Å². The summed E-state index contributed by atoms with van der Waals surface area (Å²) in [6.45, 7) is 2.20. The Hall–Kier alpha value is 1.13. The Kier molecular flexibility index (Phi) is 16.0. The average Bonchev–Trinajstić information content (AvgIpc) is 1.41. The molecular weight excluding hydrogens is 82.0 g/mol. The van der Waals surface area contributed by atoms with E-state index in [4.69, 9.17) is 0 Å². The third-order valence-corrected chi connectivity index (χ3v) is 0.966. The van der Waals surface area contributed by atoms with E-state index in [1.54, 1.807) is 0 Å². The van der Waals surface area contributed by atoms with E-state index in [0.717, 1.165) is 0 Å². The second-order valence-corrected chi connectivity index (χ2v) is 1.72. The third-order valence-electron chi connectivity index (χ3n) is 0.558. The van der Waals surface area contributed by atoms with Crippen molar-refractivity contribution < 1.29 is 20.3 Å². The monoisotopic (exact) mass is 92.1 g/mol. The molecule has 0 saturated carbocycles. The van der Waals surface area contributed by atoms with Gasteiger partial charge in [-0.3, -0.25) is 0 Å². The van der Waals surface area contributed by atoms with Gasteiger partial charge < -0.3 is 1.43 Å². The molecule has 0 aliphatic rings. The molecule has 30 valence electrons. The van der Waals surface area contributed by atoms with Gasteiger partial charge in [0.05, 0.1) is 0 Å². The van der Waals surface area contributed by atoms with Crippen LogP contribution >= 0.6 is 0 Å². The summed E-state index contributed by atoms with van der Waals surface area (Å²) in [7, 11) is 0. The predicted molar refractivity (Wildman–Crippen MR) is 26.6 cm³/mol. The van der Waals surface area contributed by atoms with E-state index in [2.05, 4.69) is 23.2 Å². The molecule has 0 fully saturated rings. The molecule has 0 aromatic heterocycles. The topological polar surface area (TPSA) is 0 Å². The number of unbranched alkanes of at least 4 members (excludes halogenated alkanes) is 1. The molecule has 0 atom stereocenters. The van der Waals surface area contributed by atoms with Gasteiger partial charge in [0, 0.05) is 0 Å². The summed E-state index contributed by atoms with van der Waals surface area (Å²) in [5.41, 5.74) is 0. The first kappa shape index (κ1) is 10.2. The molecule has 0 rings (SSSR count). The molecule has 2 heteroatoms. The minimum absolute atomic E-state index is 0. The molecule has 0 nitrogen and oxygen atoms in total. The van der Waals surface area contributed by atoms with Crippen molar-refractivity contribution >= 4 is 16.3 Å². The molecule has 0 N–H and O–H groups in total. The van der Waals surface area contributed by atoms with Gasteiger partial charge in [0.1, 0.15) is 16.3 Å². The van der Waals surface area contributed by atoms with Crippen LogP contribution in [-0.4, -0.2) is 16.3 Å². The van der Waals surface area contributed by atoms with Crippen molar-refractivity contribution in [1.29, 1.82) is 0 Å². The van der Waals surface area contributed by atoms with E-state index in [-0.39, 0.29) is 20.3 Å². The quantitative estimate of drug-likeness (QED) is 0.363. The smallest absolute Gasteiger partial charge is 1.00 e. The number of hydrogen-bond acceptors (Lipinski definition) is 0. The Balaban J connectivity index is -0.0000000800. The largest absolute Gasteiger partial charge is 1.00 e. The summed E-state index contributed by atoms with van der Waals surface area (Å²) in [6, 6.07) is 0. The molecular formula is C4H10AlLi. The fourth-order valence-electron chi connectivity index (χ4n) is 0.204. The predicted octanol–water partition coefficient (Wildman–Crippen LogP) is -1.51. The maximum absolute atomic E-state index is 2.70. The van der Waals surface area contributed by atoms with Gasteiger partial charge in [-0.05, 0) is 0 Å². The van der Waals surface area contributed by atoms with Crippen LogP contribution in [0.5, 0.6) is 0 Å². The molecule has 6 heavy (non-hydrogen) atoms. The van der Waals surface area contributed by atoms with Crippen molar-refractivity contribution in [3.63, 3.8) is 0 Å². The zero-order valence-corrected chi connectivity index (χ0v) is 5.85. The summed E-state index contributed by atoms with van der Waals surface area (Å²) < 4.78 is 0. The van der Waals surface area contributed by atoms with Crippen LogP contribution in [0, 0.1) is 0 Å². The zero-order chi connectivity index (χ0) is 4.12. The first-order valence-electron chi connectivity index (χ1n) is 2.12. The Morgan fingerprint density at radius 2 is 2.17 bits per heavy atom. The second-order valence-electron chi connectivity index (χ2n) is 1.14. The number of rotatable bonds is 2. The summed E-state index contributed by atoms with van der Waals surface area (Å²) in [5.74, 6) is 0. The molecule has 0 unspecified atom stereocenters. The maximum atomic E-state index is 2.70. The summed E-state index contributed by atoms with van der Waals surface area (Å²) in [5, 5.41) is 1.26. The van der Waals surface area contributed by atoms with Gasteiger partial charge in [-0.1, -0.05) is 19.8 Å². The van der Waals surface area contributed by atoms with Crippen LogP contribution in [0.15, 0.2) is 0 Å². The Bertz CT molecular complexity index is 19.2. The van der Waals surface area contributed by atoms with Crippen molar-refractivity contribution in [2.24, 2.45) is 0 Å². The summed E-state index contributed by atoms with van der Waals surface area (Å²) >= 11 is 2.70. The minimum atomic E-state index is 0. The van der Waals surface area contributed by atoms with Crippen molar-refractivity contribution in [1.82, 2.24) is 0 Å². The fourth-order valence-corrected chi connectivity index (χ4v) is 0.612. The fraction of sp³-hybridized carbons (Fsp3) is 1.00. The van der Waals surface area contributed by atoms with Gasteiger partial charge in [0.15, 0.2) is 0 Å². The molecule has 2 radical (unpaired) electrons. The van der Waals surface area contributed by atoms with E-state index in [0.29, 0.717) is 0 Å². The van der Waals surface area contributed by atoms with Crippen molar-refractivity contribution in [3.05, 3.63) is 0 Å². The van der Waals surface area contributed by atoms with E-state index < -0.39 is 0 Å². The van der Waals surface area contributed by atoms with Gasteiger partial charge in [-0.2, -0.15) is 0 Å². The molecule has 0 aromatic carbocycles. The second kappa shape index (κ2) is 9.46. The molecule has 0 heterocycles. The van der Waals surface area contributed by atoms with E-state index in [9.17, 15) is 0 Å². The molecule has 0 bridgehead atoms. The van der Waals surface area contributed by atoms with Gasteiger partial charge in [0.2, 0.25) is 0 Å². The third kappa shape index (κ3) is 8.93. The molecule has 0 spiro atoms. The molecule has 0 saturated heterocycles. The van der Waals surface area contributed by atoms with Crippen molar-refractivity contribution in [2.75, 3.05) is 0 Å². The number of hydrogen-bond donors (Lipinski definition) is 0. The van der Waals surface area contributed by atoms with Crippen molar-refractivity contribution in [2.45, 2.75) is 25.0 Å². The first-order valence-corrected chi connectivity index (χ1v) is 2.93. The Morgan fingerprint density at radius 3 is 2.17 bits per heavy atom. The van der Waals surface area contributed by atoms with E-state index >= 15 is 0 Å². The van der Waals surface area contributed by atoms with E-state index in [1.807, 2.05) is 0 Å². The average molecular weight is 92.0 g/mol. The summed E-state index contributed by atoms with van der Waals surface area (Å²) in [6.07, 6.45) is 2.67. The standard InChI is InChI=1S/C4H9.Al.Li.H/c1-3-4-2;;;/h1,3-4H2,2H3;;;/q;;+1;-1. The Morgan fingerprint density at radius 1 is 1.67 bits per heavy atom. The zero-order valence-electron chi connectivity index (χ0n) is 5.70. The van der Waals surface area contributed by atoms with Crippen LogP contribution in [0.3, 0.4) is 0 Å². The maximum Gasteiger partial charge on any atom is 1.00 e. The first-order chi connectivity index (χ1) is 2.41. The van der Waals surface area contributed by atoms with Gasteiger partial charge in [-0.15, -0.1) is 5.28 Å². The van der Waals surface area contributed by atoms with Crippen LogP contribution in [-0.2, 0) is 0 Å². The molecule has 0 amide bonds. The van der Waals surface area contributed by atoms with E-state index in [1.165, 1.54) is 18.1 Å². The molecule has 0 aliphatic carbocycles. The SMILES string of the molecule is CCC[CH2][Al].[H-].[Li+]. The van der Waals surface area contributed by atoms with Gasteiger partial charge in [0.25, 0.3) is 0 Å². The van der Waals surface area contributed by atoms with Gasteiger partial charge in [-0.25, -0.2) is 0 Å². The van der Waals surface area contributed by atoms with Gasteiger partial charge >= 0.3 is 18.9 Å². The van der Waals surface area contributed by atoms with Crippen LogP contribution in [0.1, 0.15) is 21.2 Å².